The molecule has 1 heterocycles. The molecule has 0 unspecified atom stereocenters. The van der Waals surface area contributed by atoms with Gasteiger partial charge in [-0.25, -0.2) is 9.59 Å². The zero-order chi connectivity index (χ0) is 10.3. The van der Waals surface area contributed by atoms with Gasteiger partial charge in [-0.05, 0) is 26.0 Å². The lowest BCUT2D eigenvalue weighted by molar-refractivity contribution is -0.177. The number of aliphatic carboxylic acids is 2. The summed E-state index contributed by atoms with van der Waals surface area (Å²) >= 11 is 0. The maximum atomic E-state index is 10.7. The van der Waals surface area contributed by atoms with E-state index < -0.39 is 23.1 Å². The summed E-state index contributed by atoms with van der Waals surface area (Å²) in [6, 6.07) is 0. The first-order valence-corrected chi connectivity index (χ1v) is 3.67. The first kappa shape index (κ1) is 9.73. The molecule has 1 aliphatic heterocycles. The highest BCUT2D eigenvalue weighted by Crippen LogP contribution is 2.31. The normalized spacial score (nSPS) is 37.7. The smallest absolute Gasteiger partial charge is 0.339 e. The number of carbonyl (C=O) groups is 2. The molecule has 0 radical (unpaired) electrons. The van der Waals surface area contributed by atoms with E-state index in [0.29, 0.717) is 0 Å². The van der Waals surface area contributed by atoms with E-state index in [2.05, 4.69) is 0 Å². The third-order valence-corrected chi connectivity index (χ3v) is 1.99. The molecule has 5 nitrogen and oxygen atoms in total. The van der Waals surface area contributed by atoms with Crippen LogP contribution in [0.15, 0.2) is 12.2 Å². The molecule has 5 heteroatoms. The van der Waals surface area contributed by atoms with E-state index in [1.807, 2.05) is 0 Å². The summed E-state index contributed by atoms with van der Waals surface area (Å²) < 4.78 is 4.95. The molecule has 0 saturated carbocycles. The summed E-state index contributed by atoms with van der Waals surface area (Å²) in [7, 11) is 0. The van der Waals surface area contributed by atoms with Gasteiger partial charge in [0.2, 0.25) is 0 Å². The van der Waals surface area contributed by atoms with Gasteiger partial charge in [-0.3, -0.25) is 0 Å². The van der Waals surface area contributed by atoms with Crippen molar-refractivity contribution in [1.29, 1.82) is 0 Å². The lowest BCUT2D eigenvalue weighted by atomic mass is 10.1. The van der Waals surface area contributed by atoms with Gasteiger partial charge in [-0.15, -0.1) is 0 Å². The van der Waals surface area contributed by atoms with Gasteiger partial charge in [0, 0.05) is 0 Å². The van der Waals surface area contributed by atoms with E-state index >= 15 is 0 Å². The maximum Gasteiger partial charge on any atom is 0.339 e. The minimum Gasteiger partial charge on any atom is -0.479 e. The largest absolute Gasteiger partial charge is 0.479 e. The number of rotatable bonds is 2. The molecular weight excluding hydrogens is 176 g/mol. The molecule has 0 fully saturated rings. The summed E-state index contributed by atoms with van der Waals surface area (Å²) in [6.07, 6.45) is 2.48. The first-order valence-electron chi connectivity index (χ1n) is 3.67. The molecule has 0 aromatic heterocycles. The van der Waals surface area contributed by atoms with E-state index in [-0.39, 0.29) is 0 Å². The Morgan fingerprint density at radius 1 is 1.08 bits per heavy atom. The Labute approximate surface area is 74.6 Å². The van der Waals surface area contributed by atoms with Gasteiger partial charge in [0.05, 0.1) is 0 Å². The second-order valence-electron chi connectivity index (χ2n) is 3.26. The minimum absolute atomic E-state index is 1.20. The Balaban J connectivity index is 2.94. The highest BCUT2D eigenvalue weighted by molar-refractivity contribution is 5.86. The van der Waals surface area contributed by atoms with Crippen LogP contribution in [0.2, 0.25) is 0 Å². The van der Waals surface area contributed by atoms with Crippen LogP contribution >= 0.6 is 0 Å². The number of carboxylic acid groups (broad SMARTS) is 2. The molecule has 0 aliphatic carbocycles. The van der Waals surface area contributed by atoms with Crippen molar-refractivity contribution in [2.45, 2.75) is 25.0 Å². The van der Waals surface area contributed by atoms with Crippen molar-refractivity contribution in [2.24, 2.45) is 0 Å². The van der Waals surface area contributed by atoms with Crippen molar-refractivity contribution < 1.29 is 24.5 Å². The molecule has 1 rings (SSSR count). The third-order valence-electron chi connectivity index (χ3n) is 1.99. The fraction of sp³-hybridized carbons (Fsp3) is 0.500. The van der Waals surface area contributed by atoms with Crippen LogP contribution in [0.3, 0.4) is 0 Å². The lowest BCUT2D eigenvalue weighted by Gasteiger charge is -2.24. The van der Waals surface area contributed by atoms with Gasteiger partial charge >= 0.3 is 11.9 Å². The summed E-state index contributed by atoms with van der Waals surface area (Å²) in [6.45, 7) is 2.61. The van der Waals surface area contributed by atoms with Gasteiger partial charge in [-0.1, -0.05) is 0 Å². The highest BCUT2D eigenvalue weighted by atomic mass is 16.6. The fourth-order valence-electron chi connectivity index (χ4n) is 1.06. The van der Waals surface area contributed by atoms with Crippen LogP contribution in [-0.2, 0) is 14.3 Å². The molecule has 72 valence electrons. The van der Waals surface area contributed by atoms with Gasteiger partial charge in [0.25, 0.3) is 0 Å². The van der Waals surface area contributed by atoms with E-state index in [9.17, 15) is 9.59 Å². The van der Waals surface area contributed by atoms with Crippen molar-refractivity contribution in [3.63, 3.8) is 0 Å². The average molecular weight is 186 g/mol. The fourth-order valence-corrected chi connectivity index (χ4v) is 1.06. The second kappa shape index (κ2) is 2.56. The SMILES string of the molecule is C[C@]1(C(=O)O)C=C[C@@](C)(C(=O)O)O1. The van der Waals surface area contributed by atoms with Crippen molar-refractivity contribution in [3.05, 3.63) is 12.2 Å². The zero-order valence-electron chi connectivity index (χ0n) is 7.27. The van der Waals surface area contributed by atoms with E-state index in [0.717, 1.165) is 0 Å². The summed E-state index contributed by atoms with van der Waals surface area (Å²) in [4.78, 5) is 21.3. The van der Waals surface area contributed by atoms with E-state index in [4.69, 9.17) is 14.9 Å². The van der Waals surface area contributed by atoms with Gasteiger partial charge < -0.3 is 14.9 Å². The van der Waals surface area contributed by atoms with E-state index in [1.54, 1.807) is 0 Å². The molecule has 0 bridgehead atoms. The van der Waals surface area contributed by atoms with Gasteiger partial charge in [-0.2, -0.15) is 0 Å². The van der Waals surface area contributed by atoms with Crippen LogP contribution in [-0.4, -0.2) is 33.4 Å². The Morgan fingerprint density at radius 2 is 1.38 bits per heavy atom. The molecule has 2 atom stereocenters. The summed E-state index contributed by atoms with van der Waals surface area (Å²) in [5, 5.41) is 17.4. The highest BCUT2D eigenvalue weighted by Gasteiger charge is 2.48. The van der Waals surface area contributed by atoms with Crippen LogP contribution in [0.25, 0.3) is 0 Å². The van der Waals surface area contributed by atoms with E-state index in [1.165, 1.54) is 26.0 Å². The third kappa shape index (κ3) is 1.42. The number of hydrogen-bond donors (Lipinski definition) is 2. The average Bonchev–Trinajstić information content (AvgIpc) is 2.30. The number of carboxylic acids is 2. The van der Waals surface area contributed by atoms with Crippen molar-refractivity contribution in [1.82, 2.24) is 0 Å². The minimum atomic E-state index is -1.53. The second-order valence-corrected chi connectivity index (χ2v) is 3.26. The quantitative estimate of drug-likeness (QED) is 0.604. The first-order chi connectivity index (χ1) is 5.80. The molecule has 2 N–H and O–H groups in total. The van der Waals surface area contributed by atoms with Crippen molar-refractivity contribution in [3.8, 4) is 0 Å². The molecule has 0 saturated heterocycles. The topological polar surface area (TPSA) is 83.8 Å². The number of hydrogen-bond acceptors (Lipinski definition) is 3. The van der Waals surface area contributed by atoms with Crippen molar-refractivity contribution >= 4 is 11.9 Å². The molecule has 0 aromatic rings. The molecule has 0 amide bonds. The molecule has 13 heavy (non-hydrogen) atoms. The molecule has 1 aliphatic rings. The van der Waals surface area contributed by atoms with Crippen molar-refractivity contribution in [2.75, 3.05) is 0 Å². The summed E-state index contributed by atoms with van der Waals surface area (Å²) in [5.74, 6) is -2.40. The van der Waals surface area contributed by atoms with Gasteiger partial charge in [0.15, 0.2) is 11.2 Å². The predicted octanol–water partition coefficient (Wildman–Crippen LogP) is 0.259. The Kier molecular flexibility index (Phi) is 1.92. The van der Waals surface area contributed by atoms with Crippen LogP contribution in [0.1, 0.15) is 13.8 Å². The number of ether oxygens (including phenoxy) is 1. The lowest BCUT2D eigenvalue weighted by Crippen LogP contribution is -2.43. The Hall–Kier alpha value is -1.36. The van der Waals surface area contributed by atoms with Crippen LogP contribution in [0.5, 0.6) is 0 Å². The Morgan fingerprint density at radius 3 is 1.54 bits per heavy atom. The monoisotopic (exact) mass is 186 g/mol. The van der Waals surface area contributed by atoms with Crippen LogP contribution < -0.4 is 0 Å². The molecular formula is C8H10O5. The summed E-state index contributed by atoms with van der Waals surface area (Å²) in [5.41, 5.74) is -3.07. The standard InChI is InChI=1S/C8H10O5/c1-7(5(9)10)3-4-8(2,13-7)6(11)12/h3-4H,1-2H3,(H,9,10)(H,11,12)/t7-,8+. The molecule has 0 aromatic carbocycles. The zero-order valence-corrected chi connectivity index (χ0v) is 7.27. The van der Waals surface area contributed by atoms with Crippen LogP contribution in [0, 0.1) is 0 Å². The predicted molar refractivity (Wildman–Crippen MR) is 42.3 cm³/mol. The van der Waals surface area contributed by atoms with Gasteiger partial charge in [0.1, 0.15) is 0 Å². The molecule has 0 spiro atoms. The Bertz CT molecular complexity index is 267. The maximum absolute atomic E-state index is 10.7. The van der Waals surface area contributed by atoms with Crippen LogP contribution in [0.4, 0.5) is 0 Å².